The highest BCUT2D eigenvalue weighted by molar-refractivity contribution is 7.97. The number of hydrogen-bond acceptors (Lipinski definition) is 2. The molecule has 1 unspecified atom stereocenters. The average Bonchev–Trinajstić information content (AvgIpc) is 2.01. The van der Waals surface area contributed by atoms with Crippen molar-refractivity contribution in [3.05, 3.63) is 0 Å². The van der Waals surface area contributed by atoms with Crippen LogP contribution in [0.5, 0.6) is 0 Å². The maximum Gasteiger partial charge on any atom is 0.303 e. The zero-order valence-corrected chi connectivity index (χ0v) is 9.38. The summed E-state index contributed by atoms with van der Waals surface area (Å²) in [6.07, 6.45) is 0.174. The molecule has 0 aromatic heterocycles. The lowest BCUT2D eigenvalue weighted by atomic mass is 10.1. The Morgan fingerprint density at radius 1 is 1.57 bits per heavy atom. The van der Waals surface area contributed by atoms with Gasteiger partial charge in [0.05, 0.1) is 6.42 Å². The lowest BCUT2D eigenvalue weighted by molar-refractivity contribution is -0.137. The van der Waals surface area contributed by atoms with E-state index in [0.717, 1.165) is 17.1 Å². The Morgan fingerprint density at radius 3 is 2.71 bits per heavy atom. The fraction of sp³-hybridized carbons (Fsp3) is 0.667. The van der Waals surface area contributed by atoms with Gasteiger partial charge in [-0.15, -0.1) is 0 Å². The molecule has 0 aromatic carbocycles. The molecule has 1 atom stereocenters. The second-order valence-corrected chi connectivity index (χ2v) is 4.22. The lowest BCUT2D eigenvalue weighted by Crippen LogP contribution is -2.22. The third-order valence-corrected chi connectivity index (χ3v) is 2.67. The van der Waals surface area contributed by atoms with Gasteiger partial charge in [-0.1, -0.05) is 12.3 Å². The summed E-state index contributed by atoms with van der Waals surface area (Å²) in [7, 11) is 0. The molecule has 1 amide bonds. The molecule has 14 heavy (non-hydrogen) atoms. The zero-order valence-electron chi connectivity index (χ0n) is 8.49. The summed E-state index contributed by atoms with van der Waals surface area (Å²) in [6, 6.07) is 0. The number of aliphatic carboxylic acids is 1. The maximum absolute atomic E-state index is 10.5. The van der Waals surface area contributed by atoms with Crippen LogP contribution in [0.25, 0.3) is 0 Å². The number of amides is 1. The Bertz CT molecular complexity index is 228. The van der Waals surface area contributed by atoms with Crippen molar-refractivity contribution in [1.82, 2.24) is 5.32 Å². The summed E-state index contributed by atoms with van der Waals surface area (Å²) in [4.78, 5) is 20.8. The molecule has 0 rings (SSSR count). The third-order valence-electron chi connectivity index (χ3n) is 1.47. The minimum Gasteiger partial charge on any atom is -0.481 e. The van der Waals surface area contributed by atoms with Crippen LogP contribution in [0.4, 0.5) is 0 Å². The van der Waals surface area contributed by atoms with E-state index in [2.05, 4.69) is 5.32 Å². The van der Waals surface area contributed by atoms with Crippen LogP contribution in [0.3, 0.4) is 0 Å². The van der Waals surface area contributed by atoms with Crippen molar-refractivity contribution in [3.63, 3.8) is 0 Å². The van der Waals surface area contributed by atoms with E-state index >= 15 is 0 Å². The first-order valence-electron chi connectivity index (χ1n) is 4.48. The Morgan fingerprint density at radius 2 is 2.21 bits per heavy atom. The minimum absolute atomic E-state index is 0.0289. The number of carbonyl (C=O) groups is 2. The topological polar surface area (TPSA) is 66.4 Å². The van der Waals surface area contributed by atoms with Gasteiger partial charge in [0.2, 0.25) is 5.91 Å². The van der Waals surface area contributed by atoms with Gasteiger partial charge < -0.3 is 10.4 Å². The molecule has 0 bridgehead atoms. The number of carboxylic acids is 1. The molecule has 0 saturated carbocycles. The van der Waals surface area contributed by atoms with Crippen molar-refractivity contribution < 1.29 is 14.7 Å². The molecule has 0 aliphatic rings. The highest BCUT2D eigenvalue weighted by Crippen LogP contribution is 2.00. The molecule has 0 saturated heterocycles. The minimum atomic E-state index is -0.772. The van der Waals surface area contributed by atoms with Gasteiger partial charge in [0.15, 0.2) is 0 Å². The second-order valence-electron chi connectivity index (χ2n) is 3.11. The summed E-state index contributed by atoms with van der Waals surface area (Å²) in [6.45, 7) is 4.00. The molecule has 0 aromatic rings. The standard InChI is InChI=1S/C9H17NO3S/c1-7(5-9(12)13)6-14-4-3-10-8(2)11/h6-7,14H,3-5H2,1-2H3,(H,10,11)(H,12,13). The summed E-state index contributed by atoms with van der Waals surface area (Å²) in [5.74, 6) is 0.125. The first kappa shape index (κ1) is 13.2. The van der Waals surface area contributed by atoms with Crippen LogP contribution in [-0.2, 0) is 9.59 Å². The summed E-state index contributed by atoms with van der Waals surface area (Å²) in [5.41, 5.74) is 0. The number of carboxylic acid groups (broad SMARTS) is 1. The molecule has 4 nitrogen and oxygen atoms in total. The van der Waals surface area contributed by atoms with Crippen LogP contribution < -0.4 is 5.32 Å². The predicted molar refractivity (Wildman–Crippen MR) is 60.0 cm³/mol. The molecule has 0 aliphatic heterocycles. The molecular formula is C9H17NO3S. The molecule has 2 N–H and O–H groups in total. The Kier molecular flexibility index (Phi) is 7.10. The van der Waals surface area contributed by atoms with Crippen molar-refractivity contribution in [3.8, 4) is 0 Å². The van der Waals surface area contributed by atoms with Gasteiger partial charge in [-0.25, -0.2) is 11.4 Å². The third kappa shape index (κ3) is 9.25. The summed E-state index contributed by atoms with van der Waals surface area (Å²) in [5, 5.41) is 13.1. The molecule has 82 valence electrons. The molecule has 0 spiro atoms. The lowest BCUT2D eigenvalue weighted by Gasteiger charge is -2.01. The van der Waals surface area contributed by atoms with Crippen molar-refractivity contribution >= 4 is 28.6 Å². The van der Waals surface area contributed by atoms with E-state index in [-0.39, 0.29) is 18.2 Å². The maximum atomic E-state index is 10.5. The second kappa shape index (κ2) is 7.55. The quantitative estimate of drug-likeness (QED) is 0.346. The smallest absolute Gasteiger partial charge is 0.303 e. The van der Waals surface area contributed by atoms with Crippen LogP contribution >= 0.6 is 11.4 Å². The van der Waals surface area contributed by atoms with E-state index in [1.165, 1.54) is 6.92 Å². The van der Waals surface area contributed by atoms with Crippen molar-refractivity contribution in [2.45, 2.75) is 20.3 Å². The first-order chi connectivity index (χ1) is 6.52. The summed E-state index contributed by atoms with van der Waals surface area (Å²) >= 11 is 1.08. The van der Waals surface area contributed by atoms with Crippen LogP contribution in [-0.4, -0.2) is 34.6 Å². The number of carbonyl (C=O) groups excluding carboxylic acids is 1. The predicted octanol–water partition coefficient (Wildman–Crippen LogP) is 0.501. The normalized spacial score (nSPS) is 13.3. The van der Waals surface area contributed by atoms with E-state index in [0.29, 0.717) is 6.54 Å². The monoisotopic (exact) mass is 219 g/mol. The van der Waals surface area contributed by atoms with Crippen molar-refractivity contribution in [2.24, 2.45) is 5.92 Å². The van der Waals surface area contributed by atoms with E-state index in [9.17, 15) is 9.59 Å². The van der Waals surface area contributed by atoms with Gasteiger partial charge in [-0.2, -0.15) is 0 Å². The number of thiol groups is 1. The Labute approximate surface area is 87.7 Å². The Hall–Kier alpha value is -0.840. The average molecular weight is 219 g/mol. The van der Waals surface area contributed by atoms with Gasteiger partial charge in [-0.05, 0) is 5.92 Å². The van der Waals surface area contributed by atoms with Crippen LogP contribution in [0.2, 0.25) is 0 Å². The van der Waals surface area contributed by atoms with E-state index in [1.807, 2.05) is 12.3 Å². The zero-order chi connectivity index (χ0) is 11.0. The first-order valence-corrected chi connectivity index (χ1v) is 5.63. The molecule has 0 radical (unpaired) electrons. The highest BCUT2D eigenvalue weighted by atomic mass is 32.1. The Balaban J connectivity index is 3.51. The van der Waals surface area contributed by atoms with E-state index in [4.69, 9.17) is 5.11 Å². The van der Waals surface area contributed by atoms with E-state index < -0.39 is 5.97 Å². The number of rotatable bonds is 6. The largest absolute Gasteiger partial charge is 0.481 e. The highest BCUT2D eigenvalue weighted by Gasteiger charge is 2.02. The molecule has 0 aliphatic carbocycles. The molecule has 0 fully saturated rings. The number of hydrogen-bond donors (Lipinski definition) is 3. The van der Waals surface area contributed by atoms with Crippen LogP contribution in [0, 0.1) is 5.92 Å². The van der Waals surface area contributed by atoms with Gasteiger partial charge >= 0.3 is 5.97 Å². The number of nitrogens with one attached hydrogen (secondary N) is 1. The van der Waals surface area contributed by atoms with Gasteiger partial charge in [0, 0.05) is 19.2 Å². The fourth-order valence-electron chi connectivity index (χ4n) is 0.879. The SMILES string of the molecule is CC(=O)NCC[SH]=CC(C)CC(=O)O. The van der Waals surface area contributed by atoms with Crippen LogP contribution in [0.15, 0.2) is 0 Å². The van der Waals surface area contributed by atoms with Crippen LogP contribution in [0.1, 0.15) is 20.3 Å². The van der Waals surface area contributed by atoms with Gasteiger partial charge in [0.25, 0.3) is 0 Å². The molecule has 5 heteroatoms. The van der Waals surface area contributed by atoms with Gasteiger partial charge in [-0.3, -0.25) is 9.59 Å². The van der Waals surface area contributed by atoms with Crippen molar-refractivity contribution in [2.75, 3.05) is 12.3 Å². The van der Waals surface area contributed by atoms with Gasteiger partial charge in [0.1, 0.15) is 0 Å². The molecular weight excluding hydrogens is 202 g/mol. The fourth-order valence-corrected chi connectivity index (χ4v) is 1.73. The molecule has 0 heterocycles. The van der Waals surface area contributed by atoms with Crippen molar-refractivity contribution in [1.29, 1.82) is 0 Å². The summed E-state index contributed by atoms with van der Waals surface area (Å²) < 4.78 is 0. The van der Waals surface area contributed by atoms with E-state index in [1.54, 1.807) is 0 Å².